The molecule has 1 N–H and O–H groups in total. The third kappa shape index (κ3) is 9.66. The van der Waals surface area contributed by atoms with Gasteiger partial charge in [0.25, 0.3) is 0 Å². The molecule has 0 bridgehead atoms. The summed E-state index contributed by atoms with van der Waals surface area (Å²) in [4.78, 5) is 14.1. The Kier molecular flexibility index (Phi) is 12.2. The molecular weight excluding hydrogens is 296 g/mol. The standard InChI is InChI=1S/C21H42N2O/c1-4-6-8-10-12-16-21(15-11-9-7-5-2)23-17-13-14-20(18-23)22-19(3)24/h20-21H,4-18H2,1-3H3,(H,22,24). The number of nitrogens with zero attached hydrogens (tertiary/aromatic N) is 1. The maximum absolute atomic E-state index is 11.4. The Bertz CT molecular complexity index is 319. The lowest BCUT2D eigenvalue weighted by Gasteiger charge is -2.39. The van der Waals surface area contributed by atoms with Crippen molar-refractivity contribution in [2.75, 3.05) is 13.1 Å². The highest BCUT2D eigenvalue weighted by Crippen LogP contribution is 2.22. The van der Waals surface area contributed by atoms with Crippen LogP contribution in [0.25, 0.3) is 0 Å². The minimum atomic E-state index is 0.126. The van der Waals surface area contributed by atoms with Crippen molar-refractivity contribution in [2.45, 2.75) is 116 Å². The molecule has 1 aliphatic heterocycles. The molecule has 142 valence electrons. The van der Waals surface area contributed by atoms with Crippen molar-refractivity contribution in [1.82, 2.24) is 10.2 Å². The quantitative estimate of drug-likeness (QED) is 0.463. The third-order valence-corrected chi connectivity index (χ3v) is 5.41. The van der Waals surface area contributed by atoms with E-state index in [9.17, 15) is 4.79 Å². The molecule has 0 aromatic rings. The number of hydrogen-bond acceptors (Lipinski definition) is 2. The van der Waals surface area contributed by atoms with Gasteiger partial charge in [0.2, 0.25) is 5.91 Å². The fourth-order valence-electron chi connectivity index (χ4n) is 4.04. The van der Waals surface area contributed by atoms with Crippen LogP contribution in [0.1, 0.15) is 104 Å². The maximum Gasteiger partial charge on any atom is 0.217 e. The van der Waals surface area contributed by atoms with Crippen LogP contribution in [-0.4, -0.2) is 36.0 Å². The van der Waals surface area contributed by atoms with Crippen molar-refractivity contribution in [3.8, 4) is 0 Å². The first-order valence-electron chi connectivity index (χ1n) is 10.7. The number of unbranched alkanes of at least 4 members (excludes halogenated alkanes) is 7. The van der Waals surface area contributed by atoms with Crippen molar-refractivity contribution >= 4 is 5.91 Å². The Morgan fingerprint density at radius 1 is 1.00 bits per heavy atom. The summed E-state index contributed by atoms with van der Waals surface area (Å²) >= 11 is 0. The number of amides is 1. The number of piperidine rings is 1. The molecule has 1 amide bonds. The van der Waals surface area contributed by atoms with E-state index in [0.717, 1.165) is 19.0 Å². The van der Waals surface area contributed by atoms with Crippen LogP contribution in [0.3, 0.4) is 0 Å². The largest absolute Gasteiger partial charge is 0.352 e. The van der Waals surface area contributed by atoms with Gasteiger partial charge in [-0.1, -0.05) is 71.6 Å². The predicted octanol–water partition coefficient (Wildman–Crippen LogP) is 5.29. The third-order valence-electron chi connectivity index (χ3n) is 5.41. The van der Waals surface area contributed by atoms with Crippen LogP contribution < -0.4 is 5.32 Å². The average molecular weight is 339 g/mol. The number of nitrogens with one attached hydrogen (secondary N) is 1. The van der Waals surface area contributed by atoms with Gasteiger partial charge in [0.05, 0.1) is 0 Å². The molecule has 1 aliphatic rings. The zero-order valence-electron chi connectivity index (χ0n) is 16.6. The van der Waals surface area contributed by atoms with E-state index in [1.807, 2.05) is 0 Å². The van der Waals surface area contributed by atoms with Crippen molar-refractivity contribution in [1.29, 1.82) is 0 Å². The molecule has 3 heteroatoms. The molecule has 0 radical (unpaired) electrons. The SMILES string of the molecule is CCCCCCCC(CCCCCC)N1CCCC(NC(C)=O)C1. The highest BCUT2D eigenvalue weighted by Gasteiger charge is 2.25. The molecule has 1 fully saturated rings. The Labute approximate surface area is 151 Å². The first-order valence-corrected chi connectivity index (χ1v) is 10.7. The Balaban J connectivity index is 2.43. The van der Waals surface area contributed by atoms with E-state index in [-0.39, 0.29) is 5.91 Å². The Morgan fingerprint density at radius 2 is 1.58 bits per heavy atom. The zero-order valence-corrected chi connectivity index (χ0v) is 16.6. The number of carbonyl (C=O) groups excluding carboxylic acids is 1. The first-order chi connectivity index (χ1) is 11.7. The highest BCUT2D eigenvalue weighted by atomic mass is 16.1. The fraction of sp³-hybridized carbons (Fsp3) is 0.952. The molecule has 0 aliphatic carbocycles. The molecule has 3 nitrogen and oxygen atoms in total. The van der Waals surface area contributed by atoms with Crippen molar-refractivity contribution in [3.05, 3.63) is 0 Å². The summed E-state index contributed by atoms with van der Waals surface area (Å²) in [5.74, 6) is 0.126. The van der Waals surface area contributed by atoms with E-state index in [0.29, 0.717) is 6.04 Å². The van der Waals surface area contributed by atoms with Crippen LogP contribution in [0.4, 0.5) is 0 Å². The van der Waals surface area contributed by atoms with Gasteiger partial charge in [0, 0.05) is 25.6 Å². The van der Waals surface area contributed by atoms with Gasteiger partial charge in [0.1, 0.15) is 0 Å². The van der Waals surface area contributed by atoms with Gasteiger partial charge in [-0.2, -0.15) is 0 Å². The fourth-order valence-corrected chi connectivity index (χ4v) is 4.04. The Morgan fingerprint density at radius 3 is 2.17 bits per heavy atom. The van der Waals surface area contributed by atoms with Gasteiger partial charge in [-0.05, 0) is 32.2 Å². The van der Waals surface area contributed by atoms with Gasteiger partial charge < -0.3 is 5.32 Å². The summed E-state index contributed by atoms with van der Waals surface area (Å²) in [6, 6.07) is 1.11. The normalized spacial score (nSPS) is 20.0. The minimum Gasteiger partial charge on any atom is -0.352 e. The van der Waals surface area contributed by atoms with Crippen LogP contribution in [0.5, 0.6) is 0 Å². The summed E-state index contributed by atoms with van der Waals surface area (Å²) < 4.78 is 0. The van der Waals surface area contributed by atoms with Crippen LogP contribution in [0.15, 0.2) is 0 Å². The van der Waals surface area contributed by atoms with Crippen LogP contribution in [-0.2, 0) is 4.79 Å². The molecule has 0 aromatic carbocycles. The predicted molar refractivity (Wildman–Crippen MR) is 104 cm³/mol. The van der Waals surface area contributed by atoms with Gasteiger partial charge in [-0.25, -0.2) is 0 Å². The summed E-state index contributed by atoms with van der Waals surface area (Å²) in [6.45, 7) is 8.51. The van der Waals surface area contributed by atoms with Crippen molar-refractivity contribution < 1.29 is 4.79 Å². The monoisotopic (exact) mass is 338 g/mol. The second kappa shape index (κ2) is 13.7. The van der Waals surface area contributed by atoms with E-state index in [2.05, 4.69) is 24.1 Å². The summed E-state index contributed by atoms with van der Waals surface area (Å²) in [5.41, 5.74) is 0. The average Bonchev–Trinajstić information content (AvgIpc) is 2.56. The zero-order chi connectivity index (χ0) is 17.6. The van der Waals surface area contributed by atoms with Crippen LogP contribution in [0, 0.1) is 0 Å². The number of carbonyl (C=O) groups is 1. The Hall–Kier alpha value is -0.570. The number of hydrogen-bond donors (Lipinski definition) is 1. The number of likely N-dealkylation sites (tertiary alicyclic amines) is 1. The molecule has 0 spiro atoms. The van der Waals surface area contributed by atoms with E-state index in [1.165, 1.54) is 83.6 Å². The van der Waals surface area contributed by atoms with E-state index >= 15 is 0 Å². The smallest absolute Gasteiger partial charge is 0.217 e. The number of rotatable bonds is 13. The van der Waals surface area contributed by atoms with Crippen LogP contribution >= 0.6 is 0 Å². The second-order valence-corrected chi connectivity index (χ2v) is 7.74. The molecule has 2 atom stereocenters. The molecule has 0 saturated carbocycles. The van der Waals surface area contributed by atoms with E-state index < -0.39 is 0 Å². The summed E-state index contributed by atoms with van der Waals surface area (Å²) in [5, 5.41) is 3.15. The molecule has 24 heavy (non-hydrogen) atoms. The lowest BCUT2D eigenvalue weighted by molar-refractivity contribution is -0.120. The minimum absolute atomic E-state index is 0.126. The highest BCUT2D eigenvalue weighted by molar-refractivity contribution is 5.73. The summed E-state index contributed by atoms with van der Waals surface area (Å²) in [6.07, 6.45) is 17.4. The van der Waals surface area contributed by atoms with E-state index in [4.69, 9.17) is 0 Å². The van der Waals surface area contributed by atoms with Gasteiger partial charge in [0.15, 0.2) is 0 Å². The lowest BCUT2D eigenvalue weighted by Crippen LogP contribution is -2.50. The van der Waals surface area contributed by atoms with Gasteiger partial charge in [-0.3, -0.25) is 9.69 Å². The molecule has 1 rings (SSSR count). The van der Waals surface area contributed by atoms with Crippen molar-refractivity contribution in [3.63, 3.8) is 0 Å². The second-order valence-electron chi connectivity index (χ2n) is 7.74. The molecule has 1 heterocycles. The first kappa shape index (κ1) is 21.5. The van der Waals surface area contributed by atoms with Gasteiger partial charge in [-0.15, -0.1) is 0 Å². The molecule has 2 unspecified atom stereocenters. The van der Waals surface area contributed by atoms with E-state index in [1.54, 1.807) is 6.92 Å². The van der Waals surface area contributed by atoms with Gasteiger partial charge >= 0.3 is 0 Å². The topological polar surface area (TPSA) is 32.3 Å². The molecule has 0 aromatic heterocycles. The molecule has 1 saturated heterocycles. The lowest BCUT2D eigenvalue weighted by atomic mass is 9.96. The maximum atomic E-state index is 11.4. The summed E-state index contributed by atoms with van der Waals surface area (Å²) in [7, 11) is 0. The van der Waals surface area contributed by atoms with Crippen molar-refractivity contribution in [2.24, 2.45) is 0 Å². The van der Waals surface area contributed by atoms with Crippen LogP contribution in [0.2, 0.25) is 0 Å². The molecular formula is C21H42N2O.